The first-order valence-electron chi connectivity index (χ1n) is 12.6. The molecule has 8 nitrogen and oxygen atoms in total. The van der Waals surface area contributed by atoms with Crippen LogP contribution in [0.2, 0.25) is 0 Å². The lowest BCUT2D eigenvalue weighted by atomic mass is 9.78. The van der Waals surface area contributed by atoms with Crippen LogP contribution in [0.5, 0.6) is 5.75 Å². The summed E-state index contributed by atoms with van der Waals surface area (Å²) in [6, 6.07) is 5.89. The van der Waals surface area contributed by atoms with Crippen LogP contribution < -0.4 is 9.64 Å². The number of hydrogen-bond donors (Lipinski definition) is 1. The van der Waals surface area contributed by atoms with Crippen molar-refractivity contribution in [1.82, 2.24) is 9.80 Å². The zero-order valence-corrected chi connectivity index (χ0v) is 21.7. The van der Waals surface area contributed by atoms with E-state index in [1.165, 1.54) is 0 Å². The lowest BCUT2D eigenvalue weighted by molar-refractivity contribution is -0.144. The first-order chi connectivity index (χ1) is 17.4. The average molecular weight is 512 g/mol. The predicted octanol–water partition coefficient (Wildman–Crippen LogP) is 2.08. The highest BCUT2D eigenvalue weighted by molar-refractivity contribution is 8.02. The number of aliphatic hydroxyl groups excluding tert-OH is 1. The summed E-state index contributed by atoms with van der Waals surface area (Å²) >= 11 is 1.56. The Morgan fingerprint density at radius 3 is 2.53 bits per heavy atom. The standard InChI is InChI=1S/C27H33N3O5S/c1-4-13-28-14-5-7-20-21(24(28)32)22-25(33)30(17(2)16-31)23-26(34)29(15-6-12-27(22,23)36-20)18-8-10-19(35-3)11-9-18/h5-12,17,20-23,31H,4,13-16H2,1-3H3/t17-,20-,21+,22+,23?,27+/m1/s1. The summed E-state index contributed by atoms with van der Waals surface area (Å²) in [5, 5.41) is 9.87. The van der Waals surface area contributed by atoms with Gasteiger partial charge in [0.1, 0.15) is 11.8 Å². The molecule has 1 aromatic rings. The van der Waals surface area contributed by atoms with Gasteiger partial charge in [-0.15, -0.1) is 11.8 Å². The smallest absolute Gasteiger partial charge is 0.251 e. The number of nitrogens with zero attached hydrogens (tertiary/aromatic N) is 3. The molecule has 36 heavy (non-hydrogen) atoms. The Morgan fingerprint density at radius 2 is 1.86 bits per heavy atom. The molecule has 9 heteroatoms. The highest BCUT2D eigenvalue weighted by Gasteiger charge is 2.71. The first kappa shape index (κ1) is 24.9. The Hall–Kier alpha value is -2.78. The Labute approximate surface area is 215 Å². The normalized spacial score (nSPS) is 32.2. The number of aliphatic hydroxyl groups is 1. The average Bonchev–Trinajstić information content (AvgIpc) is 3.21. The predicted molar refractivity (Wildman–Crippen MR) is 139 cm³/mol. The number of hydrogen-bond acceptors (Lipinski definition) is 6. The van der Waals surface area contributed by atoms with Gasteiger partial charge < -0.3 is 24.5 Å². The highest BCUT2D eigenvalue weighted by Crippen LogP contribution is 2.61. The van der Waals surface area contributed by atoms with Crippen LogP contribution in [-0.4, -0.2) is 88.1 Å². The van der Waals surface area contributed by atoms with Crippen LogP contribution in [0.25, 0.3) is 0 Å². The summed E-state index contributed by atoms with van der Waals surface area (Å²) in [5.41, 5.74) is 0.706. The largest absolute Gasteiger partial charge is 0.497 e. The molecular formula is C27H33N3O5S. The lowest BCUT2D eigenvalue weighted by Gasteiger charge is -2.37. The first-order valence-corrected chi connectivity index (χ1v) is 13.4. The van der Waals surface area contributed by atoms with Crippen molar-refractivity contribution in [3.63, 3.8) is 0 Å². The second kappa shape index (κ2) is 9.59. The fourth-order valence-corrected chi connectivity index (χ4v) is 8.15. The summed E-state index contributed by atoms with van der Waals surface area (Å²) < 4.78 is 4.38. The third-order valence-electron chi connectivity index (χ3n) is 7.80. The fourth-order valence-electron chi connectivity index (χ4n) is 6.16. The van der Waals surface area contributed by atoms with Gasteiger partial charge >= 0.3 is 0 Å². The number of amides is 3. The van der Waals surface area contributed by atoms with E-state index < -0.39 is 28.7 Å². The number of carbonyl (C=O) groups is 3. The second-order valence-electron chi connectivity index (χ2n) is 9.88. The summed E-state index contributed by atoms with van der Waals surface area (Å²) in [4.78, 5) is 47.2. The molecule has 1 spiro atoms. The molecule has 4 aliphatic rings. The van der Waals surface area contributed by atoms with Crippen LogP contribution in [0.3, 0.4) is 0 Å². The van der Waals surface area contributed by atoms with Gasteiger partial charge in [0.15, 0.2) is 0 Å². The van der Waals surface area contributed by atoms with Crippen LogP contribution in [0, 0.1) is 11.8 Å². The molecule has 0 bridgehead atoms. The maximum absolute atomic E-state index is 14.3. The van der Waals surface area contributed by atoms with Crippen LogP contribution in [-0.2, 0) is 14.4 Å². The molecule has 6 atom stereocenters. The van der Waals surface area contributed by atoms with Gasteiger partial charge in [-0.3, -0.25) is 14.4 Å². The van der Waals surface area contributed by atoms with E-state index in [4.69, 9.17) is 4.74 Å². The third-order valence-corrected chi connectivity index (χ3v) is 9.54. The molecule has 4 heterocycles. The van der Waals surface area contributed by atoms with E-state index in [9.17, 15) is 19.5 Å². The van der Waals surface area contributed by atoms with Crippen LogP contribution in [0.4, 0.5) is 5.69 Å². The molecule has 5 rings (SSSR count). The van der Waals surface area contributed by atoms with Crippen molar-refractivity contribution in [2.45, 2.75) is 42.3 Å². The topological polar surface area (TPSA) is 90.4 Å². The number of likely N-dealkylation sites (tertiary alicyclic amines) is 1. The van der Waals surface area contributed by atoms with E-state index >= 15 is 0 Å². The number of carbonyl (C=O) groups excluding carboxylic acids is 3. The van der Waals surface area contributed by atoms with E-state index in [0.29, 0.717) is 31.1 Å². The SMILES string of the molecule is CCCN1CC=C[C@H]2S[C@]34C=CCN(c5ccc(OC)cc5)C(=O)C3N([C@H](C)CO)C(=O)[C@@H]4[C@H]2C1=O. The molecule has 0 saturated carbocycles. The van der Waals surface area contributed by atoms with Crippen molar-refractivity contribution in [1.29, 1.82) is 0 Å². The van der Waals surface area contributed by atoms with Crippen LogP contribution >= 0.6 is 11.8 Å². The van der Waals surface area contributed by atoms with Crippen molar-refractivity contribution >= 4 is 35.2 Å². The van der Waals surface area contributed by atoms with Gasteiger partial charge in [0.2, 0.25) is 11.8 Å². The minimum atomic E-state index is -0.886. The highest BCUT2D eigenvalue weighted by atomic mass is 32.2. The molecule has 3 amide bonds. The van der Waals surface area contributed by atoms with Gasteiger partial charge in [-0.1, -0.05) is 31.2 Å². The molecular weight excluding hydrogens is 478 g/mol. The lowest BCUT2D eigenvalue weighted by Crippen LogP contribution is -2.56. The number of ether oxygens (including phenoxy) is 1. The van der Waals surface area contributed by atoms with E-state index in [1.807, 2.05) is 48.3 Å². The number of fused-ring (bicyclic) bond motifs is 2. The van der Waals surface area contributed by atoms with E-state index in [-0.39, 0.29) is 29.6 Å². The van der Waals surface area contributed by atoms with E-state index in [0.717, 1.165) is 6.42 Å². The summed E-state index contributed by atoms with van der Waals surface area (Å²) in [6.45, 7) is 5.05. The zero-order valence-electron chi connectivity index (χ0n) is 20.9. The number of benzene rings is 1. The molecule has 1 N–H and O–H groups in total. The van der Waals surface area contributed by atoms with E-state index in [2.05, 4.69) is 0 Å². The minimum absolute atomic E-state index is 0.0241. The second-order valence-corrected chi connectivity index (χ2v) is 11.4. The quantitative estimate of drug-likeness (QED) is 0.589. The van der Waals surface area contributed by atoms with Crippen molar-refractivity contribution < 1.29 is 24.2 Å². The Bertz CT molecular complexity index is 1110. The van der Waals surface area contributed by atoms with Crippen molar-refractivity contribution in [2.24, 2.45) is 11.8 Å². The fraction of sp³-hybridized carbons (Fsp3) is 0.519. The summed E-state index contributed by atoms with van der Waals surface area (Å²) in [7, 11) is 1.59. The molecule has 1 aromatic carbocycles. The Balaban J connectivity index is 1.60. The molecule has 4 aliphatic heterocycles. The number of methoxy groups -OCH3 is 1. The van der Waals surface area contributed by atoms with Gasteiger partial charge in [0.25, 0.3) is 5.91 Å². The third kappa shape index (κ3) is 3.66. The molecule has 0 radical (unpaired) electrons. The van der Waals surface area contributed by atoms with Crippen molar-refractivity contribution in [2.75, 3.05) is 38.3 Å². The molecule has 0 aromatic heterocycles. The summed E-state index contributed by atoms with van der Waals surface area (Å²) in [6.07, 6.45) is 8.84. The molecule has 2 fully saturated rings. The van der Waals surface area contributed by atoms with Gasteiger partial charge in [0.05, 0.1) is 36.3 Å². The Morgan fingerprint density at radius 1 is 1.11 bits per heavy atom. The van der Waals surface area contributed by atoms with Crippen LogP contribution in [0.15, 0.2) is 48.6 Å². The minimum Gasteiger partial charge on any atom is -0.497 e. The monoisotopic (exact) mass is 511 g/mol. The number of thioether (sulfide) groups is 1. The molecule has 1 unspecified atom stereocenters. The van der Waals surface area contributed by atoms with E-state index in [1.54, 1.807) is 47.7 Å². The number of anilines is 1. The van der Waals surface area contributed by atoms with Gasteiger partial charge in [0, 0.05) is 30.6 Å². The molecule has 2 saturated heterocycles. The van der Waals surface area contributed by atoms with Gasteiger partial charge in [-0.2, -0.15) is 0 Å². The Kier molecular flexibility index (Phi) is 6.63. The van der Waals surface area contributed by atoms with Gasteiger partial charge in [-0.05, 0) is 37.6 Å². The maximum Gasteiger partial charge on any atom is 0.251 e. The van der Waals surface area contributed by atoms with Crippen molar-refractivity contribution in [3.05, 3.63) is 48.6 Å². The summed E-state index contributed by atoms with van der Waals surface area (Å²) in [5.74, 6) is -0.978. The maximum atomic E-state index is 14.3. The zero-order chi connectivity index (χ0) is 25.6. The van der Waals surface area contributed by atoms with Gasteiger partial charge in [-0.25, -0.2) is 0 Å². The molecule has 192 valence electrons. The van der Waals surface area contributed by atoms with Crippen molar-refractivity contribution in [3.8, 4) is 5.75 Å². The van der Waals surface area contributed by atoms with Crippen LogP contribution in [0.1, 0.15) is 20.3 Å². The molecule has 0 aliphatic carbocycles. The number of rotatable bonds is 6.